The number of aryl methyl sites for hydroxylation is 1. The van der Waals surface area contributed by atoms with Crippen molar-refractivity contribution >= 4 is 17.3 Å². The SMILES string of the molecule is Cc1ccccc1N1CCN(Cc2ccccc2OC(Cl)OCc2ccccc2)CC1. The summed E-state index contributed by atoms with van der Waals surface area (Å²) in [4.78, 5) is 4.94. The zero-order valence-electron chi connectivity index (χ0n) is 17.9. The summed E-state index contributed by atoms with van der Waals surface area (Å²) in [5, 5.41) is 0. The van der Waals surface area contributed by atoms with Crippen LogP contribution in [0.15, 0.2) is 78.9 Å². The molecule has 3 aromatic rings. The Morgan fingerprint density at radius 1 is 0.839 bits per heavy atom. The molecule has 0 aromatic heterocycles. The molecule has 5 heteroatoms. The first-order chi connectivity index (χ1) is 15.2. The van der Waals surface area contributed by atoms with Crippen LogP contribution in [0.4, 0.5) is 5.69 Å². The fraction of sp³-hybridized carbons (Fsp3) is 0.308. The van der Waals surface area contributed by atoms with Crippen molar-refractivity contribution in [1.29, 1.82) is 0 Å². The molecule has 0 bridgehead atoms. The Balaban J connectivity index is 1.31. The third-order valence-electron chi connectivity index (χ3n) is 5.64. The van der Waals surface area contributed by atoms with Crippen LogP contribution in [0.3, 0.4) is 0 Å². The largest absolute Gasteiger partial charge is 0.450 e. The first-order valence-corrected chi connectivity index (χ1v) is 11.2. The van der Waals surface area contributed by atoms with Crippen LogP contribution in [0.25, 0.3) is 0 Å². The molecule has 162 valence electrons. The van der Waals surface area contributed by atoms with Crippen LogP contribution in [0, 0.1) is 6.92 Å². The number of halogens is 1. The molecule has 1 heterocycles. The maximum Gasteiger partial charge on any atom is 0.280 e. The molecule has 1 aliphatic rings. The summed E-state index contributed by atoms with van der Waals surface area (Å²) in [6, 6.07) is 26.6. The highest BCUT2D eigenvalue weighted by molar-refractivity contribution is 6.18. The lowest BCUT2D eigenvalue weighted by Gasteiger charge is -2.37. The predicted octanol–water partition coefficient (Wildman–Crippen LogP) is 5.44. The van der Waals surface area contributed by atoms with Gasteiger partial charge in [-0.2, -0.15) is 0 Å². The molecule has 0 saturated carbocycles. The van der Waals surface area contributed by atoms with E-state index in [1.165, 1.54) is 11.3 Å². The number of ether oxygens (including phenoxy) is 2. The van der Waals surface area contributed by atoms with Crippen molar-refractivity contribution in [1.82, 2.24) is 4.90 Å². The standard InChI is InChI=1S/C26H29ClN2O2/c1-21-9-5-7-13-24(21)29-17-15-28(16-18-29)19-23-12-6-8-14-25(23)31-26(27)30-20-22-10-3-2-4-11-22/h2-14,26H,15-20H2,1H3. The molecule has 1 saturated heterocycles. The Morgan fingerprint density at radius 3 is 2.29 bits per heavy atom. The average Bonchev–Trinajstić information content (AvgIpc) is 2.81. The van der Waals surface area contributed by atoms with Crippen molar-refractivity contribution in [2.45, 2.75) is 25.8 Å². The summed E-state index contributed by atoms with van der Waals surface area (Å²) in [7, 11) is 0. The molecule has 0 radical (unpaired) electrons. The molecule has 31 heavy (non-hydrogen) atoms. The van der Waals surface area contributed by atoms with Crippen molar-refractivity contribution in [3.05, 3.63) is 95.6 Å². The minimum absolute atomic E-state index is 0.415. The monoisotopic (exact) mass is 436 g/mol. The molecule has 0 amide bonds. The molecule has 0 aliphatic carbocycles. The van der Waals surface area contributed by atoms with Gasteiger partial charge in [0, 0.05) is 44.0 Å². The van der Waals surface area contributed by atoms with E-state index in [0.717, 1.165) is 49.6 Å². The van der Waals surface area contributed by atoms with Gasteiger partial charge in [0.15, 0.2) is 0 Å². The van der Waals surface area contributed by atoms with Crippen LogP contribution in [0.5, 0.6) is 5.75 Å². The highest BCUT2D eigenvalue weighted by Gasteiger charge is 2.20. The molecule has 0 N–H and O–H groups in total. The number of piperazine rings is 1. The molecule has 1 unspecified atom stereocenters. The smallest absolute Gasteiger partial charge is 0.280 e. The first kappa shape index (κ1) is 21.7. The van der Waals surface area contributed by atoms with E-state index in [1.54, 1.807) is 0 Å². The highest BCUT2D eigenvalue weighted by Crippen LogP contribution is 2.25. The van der Waals surface area contributed by atoms with Crippen LogP contribution in [0.2, 0.25) is 0 Å². The van der Waals surface area contributed by atoms with Gasteiger partial charge in [0.25, 0.3) is 5.75 Å². The molecule has 4 nitrogen and oxygen atoms in total. The lowest BCUT2D eigenvalue weighted by atomic mass is 10.1. The number of rotatable bonds is 8. The number of para-hydroxylation sites is 2. The van der Waals surface area contributed by atoms with Crippen molar-refractivity contribution in [3.8, 4) is 5.75 Å². The second-order valence-corrected chi connectivity index (χ2v) is 8.20. The predicted molar refractivity (Wildman–Crippen MR) is 127 cm³/mol. The molecule has 4 rings (SSSR count). The van der Waals surface area contributed by atoms with Gasteiger partial charge in [-0.05, 0) is 41.8 Å². The lowest BCUT2D eigenvalue weighted by molar-refractivity contribution is -0.0314. The van der Waals surface area contributed by atoms with Gasteiger partial charge < -0.3 is 14.4 Å². The van der Waals surface area contributed by atoms with E-state index in [4.69, 9.17) is 21.1 Å². The van der Waals surface area contributed by atoms with Gasteiger partial charge in [-0.3, -0.25) is 4.90 Å². The number of hydrogen-bond donors (Lipinski definition) is 0. The van der Waals surface area contributed by atoms with Gasteiger partial charge in [0.05, 0.1) is 6.61 Å². The molecule has 1 aliphatic heterocycles. The van der Waals surface area contributed by atoms with Gasteiger partial charge in [-0.1, -0.05) is 66.7 Å². The van der Waals surface area contributed by atoms with Crippen molar-refractivity contribution in [3.63, 3.8) is 0 Å². The van der Waals surface area contributed by atoms with Gasteiger partial charge >= 0.3 is 0 Å². The van der Waals surface area contributed by atoms with Crippen molar-refractivity contribution < 1.29 is 9.47 Å². The van der Waals surface area contributed by atoms with Gasteiger partial charge in [-0.15, -0.1) is 0 Å². The van der Waals surface area contributed by atoms with E-state index in [0.29, 0.717) is 6.61 Å². The minimum atomic E-state index is -0.834. The molecule has 1 fully saturated rings. The van der Waals surface area contributed by atoms with Gasteiger partial charge in [-0.25, -0.2) is 0 Å². The summed E-state index contributed by atoms with van der Waals surface area (Å²) >= 11 is 6.32. The third-order valence-corrected chi connectivity index (χ3v) is 5.85. The summed E-state index contributed by atoms with van der Waals surface area (Å²) in [5.41, 5.74) is 4.86. The van der Waals surface area contributed by atoms with Crippen LogP contribution < -0.4 is 9.64 Å². The summed E-state index contributed by atoms with van der Waals surface area (Å²) < 4.78 is 11.6. The summed E-state index contributed by atoms with van der Waals surface area (Å²) in [5.74, 6) is -0.0591. The zero-order valence-corrected chi connectivity index (χ0v) is 18.7. The van der Waals surface area contributed by atoms with Crippen LogP contribution >= 0.6 is 11.6 Å². The normalized spacial score (nSPS) is 15.6. The number of benzene rings is 3. The fourth-order valence-corrected chi connectivity index (χ4v) is 4.08. The Bertz CT molecular complexity index is 958. The van der Waals surface area contributed by atoms with Crippen molar-refractivity contribution in [2.24, 2.45) is 0 Å². The fourth-order valence-electron chi connectivity index (χ4n) is 3.93. The number of anilines is 1. The minimum Gasteiger partial charge on any atom is -0.450 e. The van der Waals surface area contributed by atoms with E-state index >= 15 is 0 Å². The average molecular weight is 437 g/mol. The Labute approximate surface area is 190 Å². The van der Waals surface area contributed by atoms with Gasteiger partial charge in [0.1, 0.15) is 5.75 Å². The Kier molecular flexibility index (Phi) is 7.47. The summed E-state index contributed by atoms with van der Waals surface area (Å²) in [6.07, 6.45) is 0. The summed E-state index contributed by atoms with van der Waals surface area (Å²) in [6.45, 7) is 7.49. The van der Waals surface area contributed by atoms with Gasteiger partial charge in [0.2, 0.25) is 0 Å². The molecule has 0 spiro atoms. The van der Waals surface area contributed by atoms with E-state index in [1.807, 2.05) is 48.5 Å². The lowest BCUT2D eigenvalue weighted by Crippen LogP contribution is -2.46. The quantitative estimate of drug-likeness (QED) is 0.347. The number of alkyl halides is 1. The number of nitrogens with zero attached hydrogens (tertiary/aromatic N) is 2. The van der Waals surface area contributed by atoms with Crippen LogP contribution in [0.1, 0.15) is 16.7 Å². The van der Waals surface area contributed by atoms with E-state index < -0.39 is 5.75 Å². The van der Waals surface area contributed by atoms with Crippen molar-refractivity contribution in [2.75, 3.05) is 31.1 Å². The third kappa shape index (κ3) is 6.01. The van der Waals surface area contributed by atoms with E-state index in [-0.39, 0.29) is 0 Å². The second kappa shape index (κ2) is 10.7. The topological polar surface area (TPSA) is 24.9 Å². The zero-order chi connectivity index (χ0) is 21.5. The Hall–Kier alpha value is -2.53. The highest BCUT2D eigenvalue weighted by atomic mass is 35.5. The molecular weight excluding hydrogens is 408 g/mol. The van der Waals surface area contributed by atoms with E-state index in [2.05, 4.69) is 47.1 Å². The molecule has 1 atom stereocenters. The number of hydrogen-bond acceptors (Lipinski definition) is 4. The first-order valence-electron chi connectivity index (χ1n) is 10.8. The van der Waals surface area contributed by atoms with E-state index in [9.17, 15) is 0 Å². The maximum absolute atomic E-state index is 6.32. The Morgan fingerprint density at radius 2 is 1.52 bits per heavy atom. The van der Waals surface area contributed by atoms with Crippen LogP contribution in [-0.2, 0) is 17.9 Å². The molecule has 3 aromatic carbocycles. The second-order valence-electron chi connectivity index (χ2n) is 7.85. The molecular formula is C26H29ClN2O2. The van der Waals surface area contributed by atoms with Crippen LogP contribution in [-0.4, -0.2) is 36.8 Å². The maximum atomic E-state index is 6.32.